The largest absolute Gasteiger partial charge is 0.383 e. The Bertz CT molecular complexity index is 822. The van der Waals surface area contributed by atoms with Crippen LogP contribution in [0.3, 0.4) is 0 Å². The fourth-order valence-electron chi connectivity index (χ4n) is 3.27. The van der Waals surface area contributed by atoms with Crippen molar-refractivity contribution in [3.63, 3.8) is 0 Å². The van der Waals surface area contributed by atoms with Gasteiger partial charge in [-0.1, -0.05) is 31.2 Å². The van der Waals surface area contributed by atoms with Crippen molar-refractivity contribution in [1.29, 1.82) is 0 Å². The van der Waals surface area contributed by atoms with Crippen molar-refractivity contribution in [2.24, 2.45) is 0 Å². The molecule has 1 aliphatic heterocycles. The van der Waals surface area contributed by atoms with Gasteiger partial charge in [-0.05, 0) is 30.7 Å². The number of carbonyl (C=O) groups excluding carboxylic acids is 2. The molecular formula is C21H25N3O3. The average molecular weight is 367 g/mol. The molecule has 0 bridgehead atoms. The Hall–Kier alpha value is -2.86. The van der Waals surface area contributed by atoms with E-state index in [-0.39, 0.29) is 18.0 Å². The monoisotopic (exact) mass is 367 g/mol. The molecule has 2 aromatic rings. The molecule has 2 N–H and O–H groups in total. The van der Waals surface area contributed by atoms with Gasteiger partial charge in [-0.2, -0.15) is 0 Å². The number of ether oxygens (including phenoxy) is 1. The maximum Gasteiger partial charge on any atom is 0.256 e. The van der Waals surface area contributed by atoms with Crippen LogP contribution < -0.4 is 10.6 Å². The Kier molecular flexibility index (Phi) is 6.08. The van der Waals surface area contributed by atoms with E-state index in [4.69, 9.17) is 4.74 Å². The lowest BCUT2D eigenvalue weighted by Gasteiger charge is -2.27. The quantitative estimate of drug-likeness (QED) is 0.704. The zero-order chi connectivity index (χ0) is 19.2. The van der Waals surface area contributed by atoms with Crippen LogP contribution >= 0.6 is 0 Å². The van der Waals surface area contributed by atoms with Crippen molar-refractivity contribution in [3.8, 4) is 0 Å². The van der Waals surface area contributed by atoms with Gasteiger partial charge in [0.05, 0.1) is 6.61 Å². The molecule has 0 aromatic heterocycles. The van der Waals surface area contributed by atoms with Crippen LogP contribution in [0.25, 0.3) is 0 Å². The third-order valence-corrected chi connectivity index (χ3v) is 4.54. The summed E-state index contributed by atoms with van der Waals surface area (Å²) in [6.45, 7) is 3.65. The highest BCUT2D eigenvalue weighted by atomic mass is 16.5. The van der Waals surface area contributed by atoms with Gasteiger partial charge < -0.3 is 20.3 Å². The molecule has 142 valence electrons. The second kappa shape index (κ2) is 8.68. The first-order valence-electron chi connectivity index (χ1n) is 9.19. The number of nitrogens with zero attached hydrogens (tertiary/aromatic N) is 1. The summed E-state index contributed by atoms with van der Waals surface area (Å²) >= 11 is 0. The zero-order valence-corrected chi connectivity index (χ0v) is 15.7. The molecule has 1 aliphatic rings. The molecule has 6 heteroatoms. The number of rotatable bonds is 8. The first-order valence-corrected chi connectivity index (χ1v) is 9.19. The van der Waals surface area contributed by atoms with Crippen LogP contribution in [0.4, 0.5) is 5.69 Å². The Labute approximate surface area is 159 Å². The number of nitrogens with one attached hydrogen (secondary N) is 2. The van der Waals surface area contributed by atoms with Gasteiger partial charge in [0.15, 0.2) is 0 Å². The summed E-state index contributed by atoms with van der Waals surface area (Å²) in [5, 5.41) is 6.24. The van der Waals surface area contributed by atoms with Crippen LogP contribution in [0.1, 0.15) is 45.8 Å². The molecular weight excluding hydrogens is 342 g/mol. The van der Waals surface area contributed by atoms with Gasteiger partial charge in [0.1, 0.15) is 6.17 Å². The minimum Gasteiger partial charge on any atom is -0.383 e. The van der Waals surface area contributed by atoms with Gasteiger partial charge in [0.2, 0.25) is 0 Å². The van der Waals surface area contributed by atoms with Crippen molar-refractivity contribution in [1.82, 2.24) is 10.2 Å². The molecule has 3 rings (SSSR count). The molecule has 6 nitrogen and oxygen atoms in total. The summed E-state index contributed by atoms with van der Waals surface area (Å²) in [5.74, 6) is -0.109. The fraction of sp³-hybridized carbons (Fsp3) is 0.333. The summed E-state index contributed by atoms with van der Waals surface area (Å²) < 4.78 is 4.95. The summed E-state index contributed by atoms with van der Waals surface area (Å²) in [7, 11) is 1.60. The highest BCUT2D eigenvalue weighted by molar-refractivity contribution is 5.99. The first-order chi connectivity index (χ1) is 13.2. The van der Waals surface area contributed by atoms with E-state index >= 15 is 0 Å². The first kappa shape index (κ1) is 18.9. The van der Waals surface area contributed by atoms with Gasteiger partial charge in [0, 0.05) is 42.6 Å². The molecule has 2 aromatic carbocycles. The Morgan fingerprint density at radius 3 is 2.78 bits per heavy atom. The Morgan fingerprint density at radius 1 is 1.19 bits per heavy atom. The van der Waals surface area contributed by atoms with Gasteiger partial charge in [0.25, 0.3) is 11.8 Å². The van der Waals surface area contributed by atoms with Crippen molar-refractivity contribution in [3.05, 3.63) is 65.2 Å². The van der Waals surface area contributed by atoms with E-state index in [1.807, 2.05) is 41.3 Å². The Morgan fingerprint density at radius 2 is 2.00 bits per heavy atom. The van der Waals surface area contributed by atoms with Crippen LogP contribution in [-0.2, 0) is 4.74 Å². The minimum atomic E-state index is -0.236. The van der Waals surface area contributed by atoms with Crippen LogP contribution in [0.2, 0.25) is 0 Å². The number of anilines is 1. The van der Waals surface area contributed by atoms with E-state index in [1.165, 1.54) is 0 Å². The SMILES string of the molecule is CCCN1C(=O)c2ccccc2C1Nc1cccc(C(=O)NCCOC)c1. The third kappa shape index (κ3) is 4.11. The number of benzene rings is 2. The number of amides is 2. The fourth-order valence-corrected chi connectivity index (χ4v) is 3.27. The van der Waals surface area contributed by atoms with E-state index in [0.717, 1.165) is 23.2 Å². The highest BCUT2D eigenvalue weighted by Gasteiger charge is 2.35. The van der Waals surface area contributed by atoms with Crippen LogP contribution in [0, 0.1) is 0 Å². The number of methoxy groups -OCH3 is 1. The molecule has 1 heterocycles. The van der Waals surface area contributed by atoms with E-state index < -0.39 is 0 Å². The van der Waals surface area contributed by atoms with Gasteiger partial charge in [-0.25, -0.2) is 0 Å². The summed E-state index contributed by atoms with van der Waals surface area (Å²) in [6.07, 6.45) is 0.639. The second-order valence-corrected chi connectivity index (χ2v) is 6.46. The van der Waals surface area contributed by atoms with E-state index in [0.29, 0.717) is 25.3 Å². The number of carbonyl (C=O) groups is 2. The summed E-state index contributed by atoms with van der Waals surface area (Å²) in [4.78, 5) is 26.8. The molecule has 2 amide bonds. The van der Waals surface area contributed by atoms with Crippen molar-refractivity contribution in [2.75, 3.05) is 32.1 Å². The van der Waals surface area contributed by atoms with E-state index in [1.54, 1.807) is 19.2 Å². The molecule has 0 aliphatic carbocycles. The summed E-state index contributed by atoms with van der Waals surface area (Å²) in [5.41, 5.74) is 3.06. The molecule has 1 atom stereocenters. The van der Waals surface area contributed by atoms with Crippen LogP contribution in [0.5, 0.6) is 0 Å². The topological polar surface area (TPSA) is 70.7 Å². The van der Waals surface area contributed by atoms with Gasteiger partial charge in [-0.3, -0.25) is 9.59 Å². The van der Waals surface area contributed by atoms with Crippen LogP contribution in [-0.4, -0.2) is 43.5 Å². The molecule has 0 fully saturated rings. The molecule has 0 spiro atoms. The predicted molar refractivity (Wildman–Crippen MR) is 105 cm³/mol. The van der Waals surface area contributed by atoms with Crippen molar-refractivity contribution in [2.45, 2.75) is 19.5 Å². The highest BCUT2D eigenvalue weighted by Crippen LogP contribution is 2.34. The van der Waals surface area contributed by atoms with Gasteiger partial charge in [-0.15, -0.1) is 0 Å². The molecule has 0 saturated carbocycles. The van der Waals surface area contributed by atoms with E-state index in [2.05, 4.69) is 17.6 Å². The Balaban J connectivity index is 1.80. The van der Waals surface area contributed by atoms with Crippen molar-refractivity contribution < 1.29 is 14.3 Å². The third-order valence-electron chi connectivity index (χ3n) is 4.54. The maximum atomic E-state index is 12.7. The minimum absolute atomic E-state index is 0.0402. The van der Waals surface area contributed by atoms with E-state index in [9.17, 15) is 9.59 Å². The normalized spacial score (nSPS) is 15.6. The smallest absolute Gasteiger partial charge is 0.256 e. The molecule has 1 unspecified atom stereocenters. The molecule has 0 radical (unpaired) electrons. The number of fused-ring (bicyclic) bond motifs is 1. The lowest BCUT2D eigenvalue weighted by molar-refractivity contribution is 0.0742. The van der Waals surface area contributed by atoms with Gasteiger partial charge >= 0.3 is 0 Å². The average Bonchev–Trinajstić information content (AvgIpc) is 2.95. The number of hydrogen-bond donors (Lipinski definition) is 2. The van der Waals surface area contributed by atoms with Crippen LogP contribution in [0.15, 0.2) is 48.5 Å². The lowest BCUT2D eigenvalue weighted by Crippen LogP contribution is -2.33. The summed E-state index contributed by atoms with van der Waals surface area (Å²) in [6, 6.07) is 15.0. The maximum absolute atomic E-state index is 12.7. The van der Waals surface area contributed by atoms with Crippen molar-refractivity contribution >= 4 is 17.5 Å². The zero-order valence-electron chi connectivity index (χ0n) is 15.7. The number of hydrogen-bond acceptors (Lipinski definition) is 4. The molecule has 27 heavy (non-hydrogen) atoms. The standard InChI is InChI=1S/C21H25N3O3/c1-3-12-24-19(17-9-4-5-10-18(17)21(24)26)23-16-8-6-7-15(14-16)20(25)22-11-13-27-2/h4-10,14,19,23H,3,11-13H2,1-2H3,(H,22,25). The molecule has 0 saturated heterocycles. The second-order valence-electron chi connectivity index (χ2n) is 6.46. The lowest BCUT2D eigenvalue weighted by atomic mass is 10.1. The predicted octanol–water partition coefficient (Wildman–Crippen LogP) is 3.04.